The third-order valence-electron chi connectivity index (χ3n) is 4.09. The van der Waals surface area contributed by atoms with Crippen molar-refractivity contribution < 1.29 is 4.79 Å². The van der Waals surface area contributed by atoms with Gasteiger partial charge in [0, 0.05) is 29.6 Å². The average Bonchev–Trinajstić information content (AvgIpc) is 3.27. The van der Waals surface area contributed by atoms with Crippen molar-refractivity contribution in [2.24, 2.45) is 0 Å². The number of carbonyl (C=O) groups excluding carboxylic acids is 1. The third kappa shape index (κ3) is 2.71. The van der Waals surface area contributed by atoms with Crippen LogP contribution in [0.25, 0.3) is 21.1 Å². The van der Waals surface area contributed by atoms with Crippen LogP contribution < -0.4 is 4.90 Å². The van der Waals surface area contributed by atoms with Crippen LogP contribution in [0.5, 0.6) is 0 Å². The second-order valence-corrected chi connectivity index (χ2v) is 7.44. The van der Waals surface area contributed by atoms with E-state index in [4.69, 9.17) is 4.98 Å². The van der Waals surface area contributed by atoms with Gasteiger partial charge >= 0.3 is 0 Å². The molecule has 1 amide bonds. The first-order valence-corrected chi connectivity index (χ1v) is 9.39. The van der Waals surface area contributed by atoms with Gasteiger partial charge in [-0.3, -0.25) is 4.79 Å². The highest BCUT2D eigenvalue weighted by molar-refractivity contribution is 7.20. The van der Waals surface area contributed by atoms with Crippen LogP contribution in [0.4, 0.5) is 5.69 Å². The molecule has 3 heterocycles. The Balaban J connectivity index is 1.67. The number of benzene rings is 1. The first-order valence-electron chi connectivity index (χ1n) is 7.63. The molecule has 1 aliphatic heterocycles. The molecule has 0 bridgehead atoms. The van der Waals surface area contributed by atoms with Crippen LogP contribution in [0, 0.1) is 6.92 Å². The number of anilines is 1. The lowest BCUT2D eigenvalue weighted by Crippen LogP contribution is -2.23. The Morgan fingerprint density at radius 1 is 1.22 bits per heavy atom. The maximum absolute atomic E-state index is 11.9. The van der Waals surface area contributed by atoms with Gasteiger partial charge in [0.2, 0.25) is 5.91 Å². The molecule has 5 heteroatoms. The highest BCUT2D eigenvalue weighted by atomic mass is 32.1. The summed E-state index contributed by atoms with van der Waals surface area (Å²) < 4.78 is 0. The minimum absolute atomic E-state index is 0.218. The summed E-state index contributed by atoms with van der Waals surface area (Å²) in [6.45, 7) is 2.94. The fraction of sp³-hybridized carbons (Fsp3) is 0.222. The zero-order chi connectivity index (χ0) is 15.8. The number of amides is 1. The second kappa shape index (κ2) is 5.91. The zero-order valence-electron chi connectivity index (χ0n) is 12.8. The van der Waals surface area contributed by atoms with E-state index < -0.39 is 0 Å². The Morgan fingerprint density at radius 3 is 2.87 bits per heavy atom. The van der Waals surface area contributed by atoms with Crippen molar-refractivity contribution in [3.05, 3.63) is 46.7 Å². The van der Waals surface area contributed by atoms with Crippen LogP contribution >= 0.6 is 22.7 Å². The van der Waals surface area contributed by atoms with Crippen molar-refractivity contribution in [2.45, 2.75) is 19.8 Å². The fourth-order valence-electron chi connectivity index (χ4n) is 2.86. The van der Waals surface area contributed by atoms with Gasteiger partial charge in [-0.2, -0.15) is 0 Å². The van der Waals surface area contributed by atoms with Crippen molar-refractivity contribution in [2.75, 3.05) is 11.4 Å². The predicted molar refractivity (Wildman–Crippen MR) is 97.2 cm³/mol. The highest BCUT2D eigenvalue weighted by Gasteiger charge is 2.22. The number of thiazole rings is 1. The Hall–Kier alpha value is -1.98. The molecule has 1 saturated heterocycles. The van der Waals surface area contributed by atoms with Gasteiger partial charge in [0.1, 0.15) is 5.01 Å². The topological polar surface area (TPSA) is 33.2 Å². The van der Waals surface area contributed by atoms with Crippen LogP contribution in [0.1, 0.15) is 18.4 Å². The van der Waals surface area contributed by atoms with E-state index in [2.05, 4.69) is 35.9 Å². The molecule has 0 unspecified atom stereocenters. The quantitative estimate of drug-likeness (QED) is 0.674. The number of hydrogen-bond acceptors (Lipinski definition) is 4. The van der Waals surface area contributed by atoms with Gasteiger partial charge in [-0.25, -0.2) is 4.98 Å². The van der Waals surface area contributed by atoms with E-state index in [-0.39, 0.29) is 5.91 Å². The van der Waals surface area contributed by atoms with Crippen LogP contribution in [0.15, 0.2) is 41.1 Å². The number of hydrogen-bond donors (Lipinski definition) is 0. The molecular formula is C18H16N2OS2. The average molecular weight is 340 g/mol. The first-order chi connectivity index (χ1) is 11.2. The molecule has 0 radical (unpaired) electrons. The predicted octanol–water partition coefficient (Wildman–Crippen LogP) is 4.97. The van der Waals surface area contributed by atoms with Crippen LogP contribution in [-0.2, 0) is 4.79 Å². The minimum atomic E-state index is 0.218. The van der Waals surface area contributed by atoms with E-state index >= 15 is 0 Å². The molecule has 0 N–H and O–H groups in total. The maximum Gasteiger partial charge on any atom is 0.227 e. The normalized spacial score (nSPS) is 14.7. The van der Waals surface area contributed by atoms with Crippen molar-refractivity contribution in [1.29, 1.82) is 0 Å². The molecule has 0 spiro atoms. The molecule has 4 rings (SSSR count). The molecule has 2 aromatic heterocycles. The lowest BCUT2D eigenvalue weighted by Gasteiger charge is -2.16. The Labute approximate surface area is 143 Å². The Kier molecular flexibility index (Phi) is 3.75. The number of aromatic nitrogens is 1. The van der Waals surface area contributed by atoms with Gasteiger partial charge in [0.25, 0.3) is 0 Å². The smallest absolute Gasteiger partial charge is 0.227 e. The number of rotatable bonds is 3. The van der Waals surface area contributed by atoms with E-state index in [1.165, 1.54) is 10.4 Å². The molecule has 0 saturated carbocycles. The number of aryl methyl sites for hydroxylation is 1. The molecular weight excluding hydrogens is 324 g/mol. The minimum Gasteiger partial charge on any atom is -0.312 e. The van der Waals surface area contributed by atoms with Gasteiger partial charge in [-0.05, 0) is 42.5 Å². The van der Waals surface area contributed by atoms with Crippen molar-refractivity contribution in [3.63, 3.8) is 0 Å². The van der Waals surface area contributed by atoms with Gasteiger partial charge in [-0.1, -0.05) is 12.1 Å². The molecule has 3 aromatic rings. The van der Waals surface area contributed by atoms with Gasteiger partial charge in [0.15, 0.2) is 0 Å². The standard InChI is InChI=1S/C18H16N2OS2/c1-12-7-9-22-17(12)18-19-15(11-23-18)13-4-2-5-14(10-13)20-8-3-6-16(20)21/h2,4-5,7,9-11H,3,6,8H2,1H3. The van der Waals surface area contributed by atoms with E-state index in [0.717, 1.165) is 34.9 Å². The van der Waals surface area contributed by atoms with Crippen molar-refractivity contribution >= 4 is 34.3 Å². The van der Waals surface area contributed by atoms with Crippen LogP contribution in [0.2, 0.25) is 0 Å². The lowest BCUT2D eigenvalue weighted by atomic mass is 10.1. The van der Waals surface area contributed by atoms with E-state index in [1.54, 1.807) is 22.7 Å². The number of thiophene rings is 1. The summed E-state index contributed by atoms with van der Waals surface area (Å²) in [7, 11) is 0. The molecule has 0 atom stereocenters. The summed E-state index contributed by atoms with van der Waals surface area (Å²) in [5.41, 5.74) is 4.30. The summed E-state index contributed by atoms with van der Waals surface area (Å²) in [6.07, 6.45) is 1.60. The maximum atomic E-state index is 11.9. The molecule has 116 valence electrons. The van der Waals surface area contributed by atoms with Gasteiger partial charge in [0.05, 0.1) is 10.6 Å². The SMILES string of the molecule is Cc1ccsc1-c1nc(-c2cccc(N3CCCC3=O)c2)cs1. The molecule has 1 fully saturated rings. The monoisotopic (exact) mass is 340 g/mol. The Morgan fingerprint density at radius 2 is 2.13 bits per heavy atom. The summed E-state index contributed by atoms with van der Waals surface area (Å²) in [5.74, 6) is 0.218. The third-order valence-corrected chi connectivity index (χ3v) is 6.10. The molecule has 23 heavy (non-hydrogen) atoms. The molecule has 1 aromatic carbocycles. The van der Waals surface area contributed by atoms with Gasteiger partial charge < -0.3 is 4.90 Å². The first kappa shape index (κ1) is 14.6. The zero-order valence-corrected chi connectivity index (χ0v) is 14.4. The second-order valence-electron chi connectivity index (χ2n) is 5.67. The van der Waals surface area contributed by atoms with E-state index in [9.17, 15) is 4.79 Å². The van der Waals surface area contributed by atoms with Crippen molar-refractivity contribution in [1.82, 2.24) is 4.98 Å². The highest BCUT2D eigenvalue weighted by Crippen LogP contribution is 2.35. The summed E-state index contributed by atoms with van der Waals surface area (Å²) >= 11 is 3.40. The molecule has 0 aliphatic carbocycles. The largest absolute Gasteiger partial charge is 0.312 e. The van der Waals surface area contributed by atoms with E-state index in [1.807, 2.05) is 17.0 Å². The van der Waals surface area contributed by atoms with Crippen LogP contribution in [-0.4, -0.2) is 17.4 Å². The fourth-order valence-corrected chi connectivity index (χ4v) is 4.79. The lowest BCUT2D eigenvalue weighted by molar-refractivity contribution is -0.117. The summed E-state index contributed by atoms with van der Waals surface area (Å²) in [6, 6.07) is 10.3. The van der Waals surface area contributed by atoms with Crippen LogP contribution in [0.3, 0.4) is 0 Å². The Bertz CT molecular complexity index is 865. The van der Waals surface area contributed by atoms with Crippen molar-refractivity contribution in [3.8, 4) is 21.1 Å². The molecule has 3 nitrogen and oxygen atoms in total. The summed E-state index contributed by atoms with van der Waals surface area (Å²) in [4.78, 5) is 19.8. The van der Waals surface area contributed by atoms with E-state index in [0.29, 0.717) is 6.42 Å². The summed E-state index contributed by atoms with van der Waals surface area (Å²) in [5, 5.41) is 5.26. The number of carbonyl (C=O) groups is 1. The molecule has 1 aliphatic rings. The number of nitrogens with zero attached hydrogens (tertiary/aromatic N) is 2. The van der Waals surface area contributed by atoms with Gasteiger partial charge in [-0.15, -0.1) is 22.7 Å².